The van der Waals surface area contributed by atoms with Crippen LogP contribution in [0.4, 0.5) is 15.9 Å². The van der Waals surface area contributed by atoms with Crippen molar-refractivity contribution in [2.24, 2.45) is 0 Å². The lowest BCUT2D eigenvalue weighted by atomic mass is 9.98. The van der Waals surface area contributed by atoms with Crippen molar-refractivity contribution >= 4 is 23.3 Å². The topological polar surface area (TPSA) is 147 Å². The number of nitrogens with zero attached hydrogens (tertiary/aromatic N) is 4. The number of aryl methyl sites for hydroxylation is 1. The van der Waals surface area contributed by atoms with Crippen molar-refractivity contribution in [2.45, 2.75) is 39.1 Å². The molecule has 0 fully saturated rings. The van der Waals surface area contributed by atoms with Gasteiger partial charge < -0.3 is 25.5 Å². The van der Waals surface area contributed by atoms with Gasteiger partial charge in [0.1, 0.15) is 18.3 Å². The lowest BCUT2D eigenvalue weighted by molar-refractivity contribution is -0.0159. The fourth-order valence-corrected chi connectivity index (χ4v) is 4.23. The maximum Gasteiger partial charge on any atom is 0.277 e. The number of nitrogens with two attached hydrogens (primary N) is 1. The molecule has 2 amide bonds. The molecule has 0 radical (unpaired) electrons. The Morgan fingerprint density at radius 3 is 2.69 bits per heavy atom. The molecule has 4 N–H and O–H groups in total. The van der Waals surface area contributed by atoms with Crippen LogP contribution in [-0.4, -0.2) is 55.1 Å². The Labute approximate surface area is 223 Å². The van der Waals surface area contributed by atoms with E-state index in [4.69, 9.17) is 10.2 Å². The Hall–Kier alpha value is -4.64. The molecule has 3 aromatic heterocycles. The molecule has 10 nitrogen and oxygen atoms in total. The number of oxazole rings is 1. The van der Waals surface area contributed by atoms with Crippen molar-refractivity contribution in [3.63, 3.8) is 0 Å². The van der Waals surface area contributed by atoms with Crippen molar-refractivity contribution in [1.29, 1.82) is 0 Å². The standard InChI is InChI=1S/C28H27FN6O4/c1-15-4-5-17(11-32-15)19-10-20-18(12-35(27(20)37)13-23(29)28(2,3)38)8-21(19)33-25(36)22-14-39-26(34-22)16-6-7-31-24(30)9-16/h4-11,14,23,38H,12-13H2,1-3H3,(H2,30,31)(H,33,36)/t23-/m1/s1. The Kier molecular flexibility index (Phi) is 6.61. The number of rotatable bonds is 7. The van der Waals surface area contributed by atoms with Crippen molar-refractivity contribution in [1.82, 2.24) is 19.9 Å². The van der Waals surface area contributed by atoms with Crippen LogP contribution < -0.4 is 11.1 Å². The molecule has 39 heavy (non-hydrogen) atoms. The lowest BCUT2D eigenvalue weighted by Gasteiger charge is -2.26. The third-order valence-electron chi connectivity index (χ3n) is 6.50. The minimum Gasteiger partial charge on any atom is -0.444 e. The van der Waals surface area contributed by atoms with E-state index < -0.39 is 17.7 Å². The van der Waals surface area contributed by atoms with Gasteiger partial charge in [-0.05, 0) is 56.7 Å². The first kappa shape index (κ1) is 26.0. The summed E-state index contributed by atoms with van der Waals surface area (Å²) in [4.78, 5) is 40.3. The van der Waals surface area contributed by atoms with Crippen molar-refractivity contribution in [3.05, 3.63) is 77.6 Å². The Balaban J connectivity index is 1.47. The normalized spacial score (nSPS) is 13.9. The summed E-state index contributed by atoms with van der Waals surface area (Å²) in [5.41, 5.74) is 8.24. The molecular formula is C28H27FN6O4. The number of alkyl halides is 1. The maximum atomic E-state index is 14.6. The van der Waals surface area contributed by atoms with Gasteiger partial charge in [0.25, 0.3) is 11.8 Å². The number of pyridine rings is 2. The summed E-state index contributed by atoms with van der Waals surface area (Å²) in [5.74, 6) is -0.384. The van der Waals surface area contributed by atoms with E-state index in [-0.39, 0.29) is 36.4 Å². The molecular weight excluding hydrogens is 503 g/mol. The van der Waals surface area contributed by atoms with Crippen molar-refractivity contribution < 1.29 is 23.5 Å². The molecule has 0 saturated heterocycles. The van der Waals surface area contributed by atoms with E-state index in [2.05, 4.69) is 20.3 Å². The van der Waals surface area contributed by atoms with Crippen LogP contribution >= 0.6 is 0 Å². The van der Waals surface area contributed by atoms with E-state index in [1.807, 2.05) is 19.1 Å². The maximum absolute atomic E-state index is 14.6. The number of benzene rings is 1. The van der Waals surface area contributed by atoms with E-state index in [0.717, 1.165) is 5.69 Å². The van der Waals surface area contributed by atoms with Crippen LogP contribution in [0, 0.1) is 6.92 Å². The molecule has 1 atom stereocenters. The van der Waals surface area contributed by atoms with Crippen LogP contribution in [0.5, 0.6) is 0 Å². The smallest absolute Gasteiger partial charge is 0.277 e. The summed E-state index contributed by atoms with van der Waals surface area (Å²) < 4.78 is 20.1. The molecule has 200 valence electrons. The Morgan fingerprint density at radius 2 is 2.00 bits per heavy atom. The van der Waals surface area contributed by atoms with Crippen LogP contribution in [0.15, 0.2) is 59.5 Å². The molecule has 0 saturated carbocycles. The van der Waals surface area contributed by atoms with Crippen molar-refractivity contribution in [3.8, 4) is 22.6 Å². The van der Waals surface area contributed by atoms with Gasteiger partial charge >= 0.3 is 0 Å². The number of hydrogen-bond acceptors (Lipinski definition) is 8. The Bertz CT molecular complexity index is 1560. The summed E-state index contributed by atoms with van der Waals surface area (Å²) in [6, 6.07) is 10.3. The number of hydrogen-bond donors (Lipinski definition) is 3. The summed E-state index contributed by atoms with van der Waals surface area (Å²) in [6.45, 7) is 4.45. The average molecular weight is 531 g/mol. The lowest BCUT2D eigenvalue weighted by Crippen LogP contribution is -2.42. The summed E-state index contributed by atoms with van der Waals surface area (Å²) in [6.07, 6.45) is 2.77. The molecule has 11 heteroatoms. The summed E-state index contributed by atoms with van der Waals surface area (Å²) >= 11 is 0. The van der Waals surface area contributed by atoms with E-state index in [0.29, 0.717) is 33.5 Å². The van der Waals surface area contributed by atoms with Crippen LogP contribution in [0.2, 0.25) is 0 Å². The van der Waals surface area contributed by atoms with Gasteiger partial charge in [0.15, 0.2) is 5.69 Å². The molecule has 4 heterocycles. The van der Waals surface area contributed by atoms with Crippen LogP contribution in [0.25, 0.3) is 22.6 Å². The third kappa shape index (κ3) is 5.34. The molecule has 1 aliphatic heterocycles. The van der Waals surface area contributed by atoms with Gasteiger partial charge in [-0.15, -0.1) is 0 Å². The van der Waals surface area contributed by atoms with Crippen LogP contribution in [-0.2, 0) is 6.54 Å². The first-order chi connectivity index (χ1) is 18.5. The number of anilines is 2. The first-order valence-corrected chi connectivity index (χ1v) is 12.2. The van der Waals surface area contributed by atoms with Gasteiger partial charge in [-0.25, -0.2) is 14.4 Å². The van der Waals surface area contributed by atoms with Gasteiger partial charge in [-0.3, -0.25) is 14.6 Å². The molecule has 0 bridgehead atoms. The monoisotopic (exact) mass is 530 g/mol. The second-order valence-corrected chi connectivity index (χ2v) is 10.0. The van der Waals surface area contributed by atoms with Crippen molar-refractivity contribution in [2.75, 3.05) is 17.6 Å². The fraction of sp³-hybridized carbons (Fsp3) is 0.250. The second-order valence-electron chi connectivity index (χ2n) is 10.0. The molecule has 0 aliphatic carbocycles. The minimum absolute atomic E-state index is 0.0389. The molecule has 1 aliphatic rings. The third-order valence-corrected chi connectivity index (χ3v) is 6.50. The highest BCUT2D eigenvalue weighted by Gasteiger charge is 2.35. The highest BCUT2D eigenvalue weighted by atomic mass is 19.1. The van der Waals surface area contributed by atoms with Crippen LogP contribution in [0.1, 0.15) is 46.0 Å². The number of fused-ring (bicyclic) bond motifs is 1. The van der Waals surface area contributed by atoms with Gasteiger partial charge in [-0.1, -0.05) is 6.07 Å². The predicted octanol–water partition coefficient (Wildman–Crippen LogP) is 4.01. The number of carbonyl (C=O) groups is 2. The summed E-state index contributed by atoms with van der Waals surface area (Å²) in [5, 5.41) is 12.9. The number of carbonyl (C=O) groups excluding carboxylic acids is 2. The highest BCUT2D eigenvalue weighted by molar-refractivity contribution is 6.07. The van der Waals surface area contributed by atoms with Gasteiger partial charge in [0.05, 0.1) is 12.1 Å². The quantitative estimate of drug-likeness (QED) is 0.325. The van der Waals surface area contributed by atoms with Crippen LogP contribution in [0.3, 0.4) is 0 Å². The predicted molar refractivity (Wildman–Crippen MR) is 142 cm³/mol. The van der Waals surface area contributed by atoms with E-state index in [1.165, 1.54) is 31.2 Å². The van der Waals surface area contributed by atoms with E-state index >= 15 is 0 Å². The summed E-state index contributed by atoms with van der Waals surface area (Å²) in [7, 11) is 0. The largest absolute Gasteiger partial charge is 0.444 e. The number of nitrogen functional groups attached to an aromatic ring is 1. The zero-order valence-corrected chi connectivity index (χ0v) is 21.6. The van der Waals surface area contributed by atoms with Gasteiger partial charge in [-0.2, -0.15) is 0 Å². The first-order valence-electron chi connectivity index (χ1n) is 12.2. The van der Waals surface area contributed by atoms with E-state index in [1.54, 1.807) is 30.5 Å². The number of halogens is 1. The SMILES string of the molecule is Cc1ccc(-c2cc3c(cc2NC(=O)c2coc(-c4ccnc(N)c4)n2)CN(C[C@@H](F)C(C)(C)O)C3=O)cn1. The Morgan fingerprint density at radius 1 is 1.21 bits per heavy atom. The highest BCUT2D eigenvalue weighted by Crippen LogP contribution is 2.36. The zero-order chi connectivity index (χ0) is 27.9. The average Bonchev–Trinajstić information content (AvgIpc) is 3.49. The molecule has 4 aromatic rings. The molecule has 1 aromatic carbocycles. The second kappa shape index (κ2) is 9.91. The number of amides is 2. The number of aliphatic hydroxyl groups is 1. The van der Waals surface area contributed by atoms with Gasteiger partial charge in [0, 0.05) is 52.6 Å². The van der Waals surface area contributed by atoms with Gasteiger partial charge in [0.2, 0.25) is 5.89 Å². The molecule has 0 spiro atoms. The zero-order valence-electron chi connectivity index (χ0n) is 21.6. The fourth-order valence-electron chi connectivity index (χ4n) is 4.23. The number of nitrogens with one attached hydrogen (secondary N) is 1. The number of aromatic nitrogens is 3. The molecule has 5 rings (SSSR count). The van der Waals surface area contributed by atoms with E-state index in [9.17, 15) is 19.1 Å². The minimum atomic E-state index is -1.63. The molecule has 0 unspecified atom stereocenters.